The molecule has 0 amide bonds. The summed E-state index contributed by atoms with van der Waals surface area (Å²) in [7, 11) is 0. The van der Waals surface area contributed by atoms with Gasteiger partial charge in [0.2, 0.25) is 5.82 Å². The van der Waals surface area contributed by atoms with Crippen LogP contribution in [-0.2, 0) is 6.61 Å². The first-order chi connectivity index (χ1) is 10.6. The smallest absolute Gasteiger partial charge is 0.258 e. The Balaban J connectivity index is 1.69. The molecule has 6 heteroatoms. The molecule has 22 heavy (non-hydrogen) atoms. The van der Waals surface area contributed by atoms with Gasteiger partial charge in [-0.15, -0.1) is 0 Å². The average Bonchev–Trinajstić information content (AvgIpc) is 2.98. The van der Waals surface area contributed by atoms with E-state index in [2.05, 4.69) is 10.1 Å². The number of aromatic nitrogens is 2. The fourth-order valence-corrected chi connectivity index (χ4v) is 1.84. The minimum atomic E-state index is -0.967. The molecule has 1 heterocycles. The van der Waals surface area contributed by atoms with Crippen LogP contribution < -0.4 is 4.74 Å². The minimum absolute atomic E-state index is 0.000430. The first-order valence-electron chi connectivity index (χ1n) is 6.59. The van der Waals surface area contributed by atoms with Crippen molar-refractivity contribution in [3.8, 4) is 17.2 Å². The molecule has 0 fully saturated rings. The molecule has 4 nitrogen and oxygen atoms in total. The lowest BCUT2D eigenvalue weighted by Crippen LogP contribution is -1.98. The zero-order chi connectivity index (χ0) is 15.5. The Kier molecular flexibility index (Phi) is 3.82. The predicted octanol–water partition coefficient (Wildman–Crippen LogP) is 3.90. The number of ether oxygens (including phenoxy) is 1. The maximum atomic E-state index is 13.1. The number of benzene rings is 2. The van der Waals surface area contributed by atoms with E-state index in [1.807, 2.05) is 31.2 Å². The number of rotatable bonds is 4. The highest BCUT2D eigenvalue weighted by atomic mass is 19.2. The van der Waals surface area contributed by atoms with Crippen LogP contribution in [0.3, 0.4) is 0 Å². The van der Waals surface area contributed by atoms with Gasteiger partial charge >= 0.3 is 0 Å². The van der Waals surface area contributed by atoms with Crippen molar-refractivity contribution in [2.24, 2.45) is 0 Å². The molecule has 0 aliphatic heterocycles. The molecule has 0 saturated heterocycles. The summed E-state index contributed by atoms with van der Waals surface area (Å²) in [6, 6.07) is 10.9. The number of hydrogen-bond acceptors (Lipinski definition) is 4. The van der Waals surface area contributed by atoms with Crippen molar-refractivity contribution in [3.05, 3.63) is 65.5 Å². The first kappa shape index (κ1) is 14.2. The van der Waals surface area contributed by atoms with Crippen molar-refractivity contribution < 1.29 is 18.0 Å². The summed E-state index contributed by atoms with van der Waals surface area (Å²) < 4.78 is 36.3. The van der Waals surface area contributed by atoms with Gasteiger partial charge in [0, 0.05) is 11.6 Å². The highest BCUT2D eigenvalue weighted by molar-refractivity contribution is 5.53. The van der Waals surface area contributed by atoms with Crippen molar-refractivity contribution in [1.82, 2.24) is 10.1 Å². The van der Waals surface area contributed by atoms with Gasteiger partial charge in [0.15, 0.2) is 18.2 Å². The third-order valence-electron chi connectivity index (χ3n) is 3.03. The van der Waals surface area contributed by atoms with E-state index >= 15 is 0 Å². The summed E-state index contributed by atoms with van der Waals surface area (Å²) in [5.41, 5.74) is 1.93. The summed E-state index contributed by atoms with van der Waals surface area (Å²) in [5, 5.41) is 3.79. The molecular formula is C16H12F2N2O2. The Bertz CT molecular complexity index is 785. The van der Waals surface area contributed by atoms with Crippen LogP contribution >= 0.6 is 0 Å². The van der Waals surface area contributed by atoms with Crippen LogP contribution in [0, 0.1) is 18.6 Å². The average molecular weight is 302 g/mol. The Labute approximate surface area is 125 Å². The molecule has 0 radical (unpaired) electrons. The van der Waals surface area contributed by atoms with Gasteiger partial charge in [0.25, 0.3) is 5.89 Å². The van der Waals surface area contributed by atoms with Crippen molar-refractivity contribution >= 4 is 0 Å². The summed E-state index contributed by atoms with van der Waals surface area (Å²) >= 11 is 0. The lowest BCUT2D eigenvalue weighted by Gasteiger charge is -2.03. The van der Waals surface area contributed by atoms with Gasteiger partial charge < -0.3 is 9.26 Å². The molecule has 0 bridgehead atoms. The summed E-state index contributed by atoms with van der Waals surface area (Å²) in [5.74, 6) is -0.996. The number of halogens is 2. The Morgan fingerprint density at radius 1 is 1.05 bits per heavy atom. The highest BCUT2D eigenvalue weighted by Gasteiger charge is 2.10. The zero-order valence-electron chi connectivity index (χ0n) is 11.7. The third-order valence-corrected chi connectivity index (χ3v) is 3.03. The molecule has 0 aliphatic carbocycles. The van der Waals surface area contributed by atoms with E-state index < -0.39 is 11.6 Å². The Morgan fingerprint density at radius 3 is 2.55 bits per heavy atom. The largest absolute Gasteiger partial charge is 0.485 e. The monoisotopic (exact) mass is 302 g/mol. The Morgan fingerprint density at radius 2 is 1.82 bits per heavy atom. The van der Waals surface area contributed by atoms with Gasteiger partial charge in [-0.05, 0) is 31.2 Å². The van der Waals surface area contributed by atoms with Crippen LogP contribution in [-0.4, -0.2) is 10.1 Å². The molecule has 0 spiro atoms. The van der Waals surface area contributed by atoms with Gasteiger partial charge in [0.05, 0.1) is 0 Å². The van der Waals surface area contributed by atoms with Crippen LogP contribution in [0.15, 0.2) is 47.0 Å². The van der Waals surface area contributed by atoms with Crippen LogP contribution in [0.1, 0.15) is 11.4 Å². The number of aryl methyl sites for hydroxylation is 1. The molecule has 0 aliphatic rings. The van der Waals surface area contributed by atoms with Gasteiger partial charge in [-0.25, -0.2) is 8.78 Å². The zero-order valence-corrected chi connectivity index (χ0v) is 11.7. The van der Waals surface area contributed by atoms with E-state index in [0.717, 1.165) is 23.3 Å². The maximum Gasteiger partial charge on any atom is 0.258 e. The highest BCUT2D eigenvalue weighted by Crippen LogP contribution is 2.19. The van der Waals surface area contributed by atoms with E-state index in [1.54, 1.807) is 0 Å². The van der Waals surface area contributed by atoms with E-state index in [4.69, 9.17) is 9.26 Å². The molecule has 0 N–H and O–H groups in total. The first-order valence-corrected chi connectivity index (χ1v) is 6.59. The second kappa shape index (κ2) is 5.93. The SMILES string of the molecule is Cc1ccc(-c2nc(COc3ccc(F)c(F)c3)no2)cc1. The van der Waals surface area contributed by atoms with Crippen LogP contribution in [0.2, 0.25) is 0 Å². The second-order valence-corrected chi connectivity index (χ2v) is 4.75. The predicted molar refractivity (Wildman–Crippen MR) is 75.2 cm³/mol. The van der Waals surface area contributed by atoms with Crippen molar-refractivity contribution in [2.45, 2.75) is 13.5 Å². The molecule has 0 saturated carbocycles. The van der Waals surface area contributed by atoms with Gasteiger partial charge in [-0.2, -0.15) is 4.98 Å². The maximum absolute atomic E-state index is 13.1. The molecule has 1 aromatic heterocycles. The molecular weight excluding hydrogens is 290 g/mol. The quantitative estimate of drug-likeness (QED) is 0.733. The van der Waals surface area contributed by atoms with Gasteiger partial charge in [0.1, 0.15) is 5.75 Å². The fraction of sp³-hybridized carbons (Fsp3) is 0.125. The Hall–Kier alpha value is -2.76. The van der Waals surface area contributed by atoms with E-state index in [0.29, 0.717) is 11.7 Å². The summed E-state index contributed by atoms with van der Waals surface area (Å²) in [6.45, 7) is 1.99. The van der Waals surface area contributed by atoms with Crippen LogP contribution in [0.25, 0.3) is 11.5 Å². The molecule has 3 rings (SSSR count). The van der Waals surface area contributed by atoms with Crippen LogP contribution in [0.4, 0.5) is 8.78 Å². The lowest BCUT2D eigenvalue weighted by atomic mass is 10.1. The van der Waals surface area contributed by atoms with Crippen molar-refractivity contribution in [1.29, 1.82) is 0 Å². The normalized spacial score (nSPS) is 10.7. The molecule has 3 aromatic rings. The third kappa shape index (κ3) is 3.11. The minimum Gasteiger partial charge on any atom is -0.485 e. The summed E-state index contributed by atoms with van der Waals surface area (Å²) in [4.78, 5) is 4.19. The molecule has 112 valence electrons. The van der Waals surface area contributed by atoms with E-state index in [9.17, 15) is 8.78 Å². The van der Waals surface area contributed by atoms with Crippen molar-refractivity contribution in [3.63, 3.8) is 0 Å². The topological polar surface area (TPSA) is 48.2 Å². The fourth-order valence-electron chi connectivity index (χ4n) is 1.84. The number of hydrogen-bond donors (Lipinski definition) is 0. The van der Waals surface area contributed by atoms with Crippen molar-refractivity contribution in [2.75, 3.05) is 0 Å². The standard InChI is InChI=1S/C16H12F2N2O2/c1-10-2-4-11(5-3-10)16-19-15(20-22-16)9-21-12-6-7-13(17)14(18)8-12/h2-8H,9H2,1H3. The van der Waals surface area contributed by atoms with E-state index in [1.165, 1.54) is 6.07 Å². The number of nitrogens with zero attached hydrogens (tertiary/aromatic N) is 2. The lowest BCUT2D eigenvalue weighted by molar-refractivity contribution is 0.284. The van der Waals surface area contributed by atoms with Gasteiger partial charge in [-0.3, -0.25) is 0 Å². The molecule has 0 atom stereocenters. The van der Waals surface area contributed by atoms with Crippen LogP contribution in [0.5, 0.6) is 5.75 Å². The van der Waals surface area contributed by atoms with Gasteiger partial charge in [-0.1, -0.05) is 22.9 Å². The molecule has 0 unspecified atom stereocenters. The molecule has 2 aromatic carbocycles. The van der Waals surface area contributed by atoms with E-state index in [-0.39, 0.29) is 12.4 Å². The second-order valence-electron chi connectivity index (χ2n) is 4.75. The summed E-state index contributed by atoms with van der Waals surface area (Å²) in [6.07, 6.45) is 0.